The lowest BCUT2D eigenvalue weighted by molar-refractivity contribution is 0.197. The van der Waals surface area contributed by atoms with Crippen LogP contribution in [-0.4, -0.2) is 26.8 Å². The highest BCUT2D eigenvalue weighted by Crippen LogP contribution is 2.42. The Hall–Kier alpha value is -0.340. The molecule has 3 atom stereocenters. The number of allylic oxidation sites excluding steroid dienone is 2. The van der Waals surface area contributed by atoms with Gasteiger partial charge in [0.25, 0.3) is 0 Å². The SMILES string of the molecule is COCCNC[C@@H]1C[C@H]2C=C[C@H]1C2. The van der Waals surface area contributed by atoms with Crippen molar-refractivity contribution in [3.05, 3.63) is 12.2 Å². The summed E-state index contributed by atoms with van der Waals surface area (Å²) in [6, 6.07) is 0. The van der Waals surface area contributed by atoms with E-state index in [9.17, 15) is 0 Å². The molecule has 1 N–H and O–H groups in total. The van der Waals surface area contributed by atoms with Gasteiger partial charge in [-0.25, -0.2) is 0 Å². The Morgan fingerprint density at radius 1 is 1.38 bits per heavy atom. The highest BCUT2D eigenvalue weighted by atomic mass is 16.5. The van der Waals surface area contributed by atoms with Gasteiger partial charge in [0, 0.05) is 13.7 Å². The zero-order valence-electron chi connectivity index (χ0n) is 8.33. The number of hydrogen-bond donors (Lipinski definition) is 1. The fourth-order valence-electron chi connectivity index (χ4n) is 2.59. The normalized spacial score (nSPS) is 35.9. The minimum atomic E-state index is 0.830. The fourth-order valence-corrected chi connectivity index (χ4v) is 2.59. The van der Waals surface area contributed by atoms with Crippen molar-refractivity contribution in [3.63, 3.8) is 0 Å². The van der Waals surface area contributed by atoms with Crippen molar-refractivity contribution in [1.29, 1.82) is 0 Å². The smallest absolute Gasteiger partial charge is 0.0587 e. The summed E-state index contributed by atoms with van der Waals surface area (Å²) in [7, 11) is 1.75. The lowest BCUT2D eigenvalue weighted by Crippen LogP contribution is -2.28. The van der Waals surface area contributed by atoms with Crippen LogP contribution in [0.5, 0.6) is 0 Å². The van der Waals surface area contributed by atoms with E-state index in [1.165, 1.54) is 19.4 Å². The molecule has 0 aliphatic heterocycles. The summed E-state index contributed by atoms with van der Waals surface area (Å²) in [5, 5.41) is 3.45. The van der Waals surface area contributed by atoms with Crippen LogP contribution in [0, 0.1) is 17.8 Å². The van der Waals surface area contributed by atoms with Crippen molar-refractivity contribution in [3.8, 4) is 0 Å². The Morgan fingerprint density at radius 3 is 2.92 bits per heavy atom. The van der Waals surface area contributed by atoms with Crippen molar-refractivity contribution >= 4 is 0 Å². The highest BCUT2D eigenvalue weighted by molar-refractivity contribution is 5.10. The van der Waals surface area contributed by atoms with Gasteiger partial charge >= 0.3 is 0 Å². The zero-order chi connectivity index (χ0) is 9.10. The van der Waals surface area contributed by atoms with Gasteiger partial charge < -0.3 is 10.1 Å². The Morgan fingerprint density at radius 2 is 2.31 bits per heavy atom. The third kappa shape index (κ3) is 2.12. The molecule has 2 bridgehead atoms. The van der Waals surface area contributed by atoms with E-state index < -0.39 is 0 Å². The first-order valence-electron chi connectivity index (χ1n) is 5.28. The van der Waals surface area contributed by atoms with E-state index in [0.29, 0.717) is 0 Å². The molecule has 0 aromatic heterocycles. The van der Waals surface area contributed by atoms with Crippen LogP contribution in [0.15, 0.2) is 12.2 Å². The van der Waals surface area contributed by atoms with Crippen molar-refractivity contribution < 1.29 is 4.74 Å². The van der Waals surface area contributed by atoms with Crippen LogP contribution >= 0.6 is 0 Å². The summed E-state index contributed by atoms with van der Waals surface area (Å²) in [5.41, 5.74) is 0. The molecule has 2 aliphatic carbocycles. The molecule has 2 rings (SSSR count). The van der Waals surface area contributed by atoms with Crippen LogP contribution in [0.2, 0.25) is 0 Å². The Bertz CT molecular complexity index is 191. The number of rotatable bonds is 5. The molecule has 74 valence electrons. The van der Waals surface area contributed by atoms with Crippen molar-refractivity contribution in [2.75, 3.05) is 26.8 Å². The highest BCUT2D eigenvalue weighted by Gasteiger charge is 2.34. The van der Waals surface area contributed by atoms with Gasteiger partial charge in [0.05, 0.1) is 6.61 Å². The molecule has 2 aliphatic rings. The molecular formula is C11H19NO. The van der Waals surface area contributed by atoms with E-state index in [0.717, 1.165) is 30.9 Å². The lowest BCUT2D eigenvalue weighted by atomic mass is 9.94. The quantitative estimate of drug-likeness (QED) is 0.512. The van der Waals surface area contributed by atoms with Crippen LogP contribution in [0.1, 0.15) is 12.8 Å². The van der Waals surface area contributed by atoms with Gasteiger partial charge in [-0.1, -0.05) is 12.2 Å². The Balaban J connectivity index is 1.64. The van der Waals surface area contributed by atoms with Crippen LogP contribution in [0.3, 0.4) is 0 Å². The average molecular weight is 181 g/mol. The first kappa shape index (κ1) is 9.22. The summed E-state index contributed by atoms with van der Waals surface area (Å²) in [4.78, 5) is 0. The van der Waals surface area contributed by atoms with Gasteiger partial charge in [-0.2, -0.15) is 0 Å². The van der Waals surface area contributed by atoms with Crippen molar-refractivity contribution in [2.45, 2.75) is 12.8 Å². The predicted molar refractivity (Wildman–Crippen MR) is 53.6 cm³/mol. The van der Waals surface area contributed by atoms with E-state index in [2.05, 4.69) is 17.5 Å². The Kier molecular flexibility index (Phi) is 3.01. The van der Waals surface area contributed by atoms with Crippen LogP contribution in [0.4, 0.5) is 0 Å². The molecule has 0 heterocycles. The van der Waals surface area contributed by atoms with E-state index in [-0.39, 0.29) is 0 Å². The molecule has 0 aromatic rings. The van der Waals surface area contributed by atoms with E-state index in [4.69, 9.17) is 4.74 Å². The van der Waals surface area contributed by atoms with Crippen LogP contribution < -0.4 is 5.32 Å². The topological polar surface area (TPSA) is 21.3 Å². The number of fused-ring (bicyclic) bond motifs is 2. The van der Waals surface area contributed by atoms with Gasteiger partial charge in [-0.05, 0) is 37.1 Å². The minimum absolute atomic E-state index is 0.830. The predicted octanol–water partition coefficient (Wildman–Crippen LogP) is 1.43. The Labute approximate surface area is 80.4 Å². The average Bonchev–Trinajstić information content (AvgIpc) is 2.73. The summed E-state index contributed by atoms with van der Waals surface area (Å²) in [6.07, 6.45) is 7.63. The summed E-state index contributed by atoms with van der Waals surface area (Å²) < 4.78 is 4.99. The van der Waals surface area contributed by atoms with Crippen LogP contribution in [-0.2, 0) is 4.74 Å². The molecular weight excluding hydrogens is 162 g/mol. The lowest BCUT2D eigenvalue weighted by Gasteiger charge is -2.18. The monoisotopic (exact) mass is 181 g/mol. The summed E-state index contributed by atoms with van der Waals surface area (Å²) in [6.45, 7) is 3.00. The first-order chi connectivity index (χ1) is 6.40. The maximum absolute atomic E-state index is 4.99. The molecule has 0 aromatic carbocycles. The molecule has 2 nitrogen and oxygen atoms in total. The second kappa shape index (κ2) is 4.25. The molecule has 2 heteroatoms. The van der Waals surface area contributed by atoms with Gasteiger partial charge in [0.2, 0.25) is 0 Å². The zero-order valence-corrected chi connectivity index (χ0v) is 8.33. The second-order valence-electron chi connectivity index (χ2n) is 4.24. The second-order valence-corrected chi connectivity index (χ2v) is 4.24. The fraction of sp³-hybridized carbons (Fsp3) is 0.818. The summed E-state index contributed by atoms with van der Waals surface area (Å²) >= 11 is 0. The summed E-state index contributed by atoms with van der Waals surface area (Å²) in [5.74, 6) is 2.67. The third-order valence-electron chi connectivity index (χ3n) is 3.31. The first-order valence-corrected chi connectivity index (χ1v) is 5.28. The number of nitrogens with one attached hydrogen (secondary N) is 1. The minimum Gasteiger partial charge on any atom is -0.383 e. The molecule has 0 radical (unpaired) electrons. The van der Waals surface area contributed by atoms with Crippen molar-refractivity contribution in [2.24, 2.45) is 17.8 Å². The van der Waals surface area contributed by atoms with Crippen LogP contribution in [0.25, 0.3) is 0 Å². The maximum Gasteiger partial charge on any atom is 0.0587 e. The largest absolute Gasteiger partial charge is 0.383 e. The van der Waals surface area contributed by atoms with Gasteiger partial charge in [0.1, 0.15) is 0 Å². The number of hydrogen-bond acceptors (Lipinski definition) is 2. The van der Waals surface area contributed by atoms with Gasteiger partial charge in [-0.15, -0.1) is 0 Å². The molecule has 0 saturated heterocycles. The maximum atomic E-state index is 4.99. The van der Waals surface area contributed by atoms with E-state index in [1.807, 2.05) is 0 Å². The molecule has 0 unspecified atom stereocenters. The van der Waals surface area contributed by atoms with Crippen molar-refractivity contribution in [1.82, 2.24) is 5.32 Å². The molecule has 1 saturated carbocycles. The standard InChI is InChI=1S/C11H19NO/c1-13-5-4-12-8-11-7-9-2-3-10(11)6-9/h2-3,9-12H,4-8H2,1H3/t9-,10-,11-/m0/s1. The van der Waals surface area contributed by atoms with E-state index in [1.54, 1.807) is 7.11 Å². The number of ether oxygens (including phenoxy) is 1. The molecule has 0 spiro atoms. The number of methoxy groups -OCH3 is 1. The van der Waals surface area contributed by atoms with E-state index >= 15 is 0 Å². The molecule has 13 heavy (non-hydrogen) atoms. The molecule has 1 fully saturated rings. The van der Waals surface area contributed by atoms with Gasteiger partial charge in [0.15, 0.2) is 0 Å². The third-order valence-corrected chi connectivity index (χ3v) is 3.31. The molecule has 0 amide bonds. The van der Waals surface area contributed by atoms with Gasteiger partial charge in [-0.3, -0.25) is 0 Å².